The van der Waals surface area contributed by atoms with E-state index in [1.54, 1.807) is 21.3 Å². The van der Waals surface area contributed by atoms with Gasteiger partial charge in [0, 0.05) is 41.0 Å². The van der Waals surface area contributed by atoms with Crippen LogP contribution in [0.5, 0.6) is 0 Å². The smallest absolute Gasteiger partial charge is 0.328 e. The minimum Gasteiger partial charge on any atom is -0.391 e. The number of ether oxygens (including phenoxy) is 4. The monoisotopic (exact) mass is 532 g/mol. The first-order valence-electron chi connectivity index (χ1n) is 12.6. The lowest BCUT2D eigenvalue weighted by molar-refractivity contribution is -0.929. The van der Waals surface area contributed by atoms with E-state index in [0.717, 1.165) is 30.5 Å². The summed E-state index contributed by atoms with van der Waals surface area (Å²) in [5.74, 6) is 0. The van der Waals surface area contributed by atoms with Crippen LogP contribution in [-0.4, -0.2) is 159 Å². The van der Waals surface area contributed by atoms with Gasteiger partial charge >= 0.3 is 7.60 Å². The third kappa shape index (κ3) is 16.3. The van der Waals surface area contributed by atoms with Crippen LogP contribution in [0.4, 0.5) is 0 Å². The molecule has 0 aliphatic rings. The Bertz CT molecular complexity index is 527. The van der Waals surface area contributed by atoms with Crippen molar-refractivity contribution >= 4 is 7.60 Å². The zero-order valence-electron chi connectivity index (χ0n) is 22.8. The van der Waals surface area contributed by atoms with Gasteiger partial charge in [0.1, 0.15) is 59.0 Å². The van der Waals surface area contributed by atoms with E-state index in [1.807, 2.05) is 6.92 Å². The van der Waals surface area contributed by atoms with Crippen molar-refractivity contribution in [3.8, 4) is 0 Å². The van der Waals surface area contributed by atoms with Gasteiger partial charge in [-0.15, -0.1) is 0 Å². The summed E-state index contributed by atoms with van der Waals surface area (Å²) in [6, 6.07) is 0. The van der Waals surface area contributed by atoms with Gasteiger partial charge in [-0.3, -0.25) is 4.57 Å². The van der Waals surface area contributed by atoms with E-state index in [2.05, 4.69) is 0 Å². The number of hydrogen-bond donors (Lipinski definition) is 2. The molecule has 2 atom stereocenters. The molecule has 2 N–H and O–H groups in total. The number of aliphatic hydroxyl groups excluding tert-OH is 2. The van der Waals surface area contributed by atoms with Gasteiger partial charge in [0.05, 0.1) is 46.2 Å². The lowest BCUT2D eigenvalue weighted by atomic mass is 10.2. The minimum absolute atomic E-state index is 0.0176. The summed E-state index contributed by atoms with van der Waals surface area (Å²) in [7, 11) is 1.72. The molecule has 0 heterocycles. The molecule has 0 radical (unpaired) electrons. The molecule has 35 heavy (non-hydrogen) atoms. The SMILES string of the molecule is CCOCC[N+](CCCOC)(CCOC)CCOP(C)(=O)OCC[N+](CCO)(CCO)CCOC. The normalized spacial score (nSPS) is 15.7. The van der Waals surface area contributed by atoms with Gasteiger partial charge in [-0.25, -0.2) is 0 Å². The zero-order valence-corrected chi connectivity index (χ0v) is 23.7. The number of nitrogens with zero attached hydrogens (tertiary/aromatic N) is 2. The average molecular weight is 533 g/mol. The van der Waals surface area contributed by atoms with Crippen LogP contribution in [0.2, 0.25) is 0 Å². The first-order valence-corrected chi connectivity index (χ1v) is 14.6. The molecular formula is C23H53N2O9P+2. The Labute approximate surface area is 212 Å². The van der Waals surface area contributed by atoms with Crippen molar-refractivity contribution in [2.75, 3.05) is 140 Å². The molecular weight excluding hydrogens is 479 g/mol. The molecule has 0 saturated heterocycles. The first kappa shape index (κ1) is 34.8. The standard InChI is InChI=1S/C23H53N2O9P/c1-6-32-21-13-24(11-19-30-3,8-7-18-29-2)14-22-33-35(5,28)34-23-15-25(9-16-26,10-17-27)12-20-31-4/h26-27H,6-23H2,1-5H3/q+2. The largest absolute Gasteiger partial charge is 0.391 e. The van der Waals surface area contributed by atoms with Crippen LogP contribution in [-0.2, 0) is 32.6 Å². The Kier molecular flexibility index (Phi) is 20.7. The molecule has 0 aliphatic carbocycles. The molecule has 0 aromatic heterocycles. The van der Waals surface area contributed by atoms with Crippen LogP contribution in [0.25, 0.3) is 0 Å². The molecule has 0 amide bonds. The Hall–Kier alpha value is -0.170. The van der Waals surface area contributed by atoms with E-state index < -0.39 is 7.60 Å². The summed E-state index contributed by atoms with van der Waals surface area (Å²) in [5.41, 5.74) is 0. The lowest BCUT2D eigenvalue weighted by Crippen LogP contribution is -2.55. The minimum atomic E-state index is -3.28. The fourth-order valence-electron chi connectivity index (χ4n) is 4.12. The highest BCUT2D eigenvalue weighted by Gasteiger charge is 2.30. The molecule has 0 spiro atoms. The van der Waals surface area contributed by atoms with E-state index >= 15 is 0 Å². The van der Waals surface area contributed by atoms with E-state index in [9.17, 15) is 14.8 Å². The molecule has 0 aromatic rings. The Morgan fingerprint density at radius 3 is 1.49 bits per heavy atom. The molecule has 0 saturated carbocycles. The van der Waals surface area contributed by atoms with Gasteiger partial charge in [-0.1, -0.05) is 0 Å². The van der Waals surface area contributed by atoms with Crippen molar-refractivity contribution in [3.63, 3.8) is 0 Å². The van der Waals surface area contributed by atoms with Gasteiger partial charge in [0.2, 0.25) is 0 Å². The number of rotatable bonds is 26. The van der Waals surface area contributed by atoms with Crippen LogP contribution in [0.3, 0.4) is 0 Å². The van der Waals surface area contributed by atoms with Crippen molar-refractivity contribution in [2.45, 2.75) is 13.3 Å². The lowest BCUT2D eigenvalue weighted by Gasteiger charge is -2.39. The summed E-state index contributed by atoms with van der Waals surface area (Å²) in [6.07, 6.45) is 0.893. The third-order valence-electron chi connectivity index (χ3n) is 6.37. The highest BCUT2D eigenvalue weighted by Crippen LogP contribution is 2.43. The second-order valence-electron chi connectivity index (χ2n) is 8.89. The fraction of sp³-hybridized carbons (Fsp3) is 1.00. The molecule has 12 heteroatoms. The van der Waals surface area contributed by atoms with Gasteiger partial charge in [0.15, 0.2) is 0 Å². The zero-order chi connectivity index (χ0) is 26.5. The Morgan fingerprint density at radius 2 is 1.06 bits per heavy atom. The van der Waals surface area contributed by atoms with Gasteiger partial charge in [-0.2, -0.15) is 0 Å². The summed E-state index contributed by atoms with van der Waals surface area (Å²) < 4.78 is 47.0. The summed E-state index contributed by atoms with van der Waals surface area (Å²) in [6.45, 7) is 12.1. The van der Waals surface area contributed by atoms with Crippen LogP contribution >= 0.6 is 7.60 Å². The maximum Gasteiger partial charge on any atom is 0.328 e. The molecule has 212 valence electrons. The van der Waals surface area contributed by atoms with E-state index in [-0.39, 0.29) is 26.4 Å². The quantitative estimate of drug-likeness (QED) is 0.0950. The fourth-order valence-corrected chi connectivity index (χ4v) is 5.02. The van der Waals surface area contributed by atoms with Crippen molar-refractivity contribution in [1.29, 1.82) is 0 Å². The maximum absolute atomic E-state index is 13.0. The predicted octanol–water partition coefficient (Wildman–Crippen LogP) is 0.827. The van der Waals surface area contributed by atoms with Crippen molar-refractivity contribution in [3.05, 3.63) is 0 Å². The maximum atomic E-state index is 13.0. The molecule has 0 fully saturated rings. The number of hydrogen-bond acceptors (Lipinski definition) is 9. The second-order valence-corrected chi connectivity index (χ2v) is 10.9. The van der Waals surface area contributed by atoms with E-state index in [4.69, 9.17) is 28.0 Å². The van der Waals surface area contributed by atoms with Crippen LogP contribution in [0, 0.1) is 0 Å². The molecule has 0 bridgehead atoms. The van der Waals surface area contributed by atoms with Crippen molar-refractivity contribution < 1.29 is 51.7 Å². The van der Waals surface area contributed by atoms with Gasteiger partial charge in [0.25, 0.3) is 0 Å². The summed E-state index contributed by atoms with van der Waals surface area (Å²) >= 11 is 0. The number of aliphatic hydroxyl groups is 2. The number of quaternary nitrogens is 2. The van der Waals surface area contributed by atoms with Gasteiger partial charge in [-0.05, 0) is 6.92 Å². The molecule has 11 nitrogen and oxygen atoms in total. The van der Waals surface area contributed by atoms with Gasteiger partial charge < -0.3 is 47.2 Å². The van der Waals surface area contributed by atoms with E-state index in [1.165, 1.54) is 6.66 Å². The third-order valence-corrected chi connectivity index (χ3v) is 7.67. The average Bonchev–Trinajstić information content (AvgIpc) is 2.82. The molecule has 2 unspecified atom stereocenters. The van der Waals surface area contributed by atoms with Crippen LogP contribution < -0.4 is 0 Å². The Morgan fingerprint density at radius 1 is 0.629 bits per heavy atom. The van der Waals surface area contributed by atoms with E-state index in [0.29, 0.717) is 70.2 Å². The number of methoxy groups -OCH3 is 3. The summed E-state index contributed by atoms with van der Waals surface area (Å²) in [4.78, 5) is 0. The Balaban J connectivity index is 5.01. The highest BCUT2D eigenvalue weighted by atomic mass is 31.2. The molecule has 0 aromatic carbocycles. The second kappa shape index (κ2) is 20.8. The predicted molar refractivity (Wildman–Crippen MR) is 136 cm³/mol. The topological polar surface area (TPSA) is 113 Å². The summed E-state index contributed by atoms with van der Waals surface area (Å²) in [5, 5.41) is 19.0. The van der Waals surface area contributed by atoms with Crippen LogP contribution in [0.15, 0.2) is 0 Å². The molecule has 0 rings (SSSR count). The van der Waals surface area contributed by atoms with Crippen LogP contribution in [0.1, 0.15) is 13.3 Å². The molecule has 0 aliphatic heterocycles. The van der Waals surface area contributed by atoms with Crippen molar-refractivity contribution in [2.24, 2.45) is 0 Å². The first-order chi connectivity index (χ1) is 16.8. The highest BCUT2D eigenvalue weighted by molar-refractivity contribution is 7.52. The van der Waals surface area contributed by atoms with Crippen molar-refractivity contribution in [1.82, 2.24) is 0 Å².